The number of fused-ring (bicyclic) bond motifs is 1. The number of nitrogens with zero attached hydrogens (tertiary/aromatic N) is 4. The molecule has 8 nitrogen and oxygen atoms in total. The number of hydrogen-bond acceptors (Lipinski definition) is 6. The van der Waals surface area contributed by atoms with E-state index in [2.05, 4.69) is 25.2 Å². The zero-order valence-electron chi connectivity index (χ0n) is 18.8. The smallest absolute Gasteiger partial charge is 0.282 e. The van der Waals surface area contributed by atoms with Crippen molar-refractivity contribution in [2.24, 2.45) is 0 Å². The summed E-state index contributed by atoms with van der Waals surface area (Å²) in [7, 11) is 1.44. The molecule has 0 bridgehead atoms. The number of nitrogens with one attached hydrogen (secondary N) is 2. The summed E-state index contributed by atoms with van der Waals surface area (Å²) in [6, 6.07) is 6.95. The molecule has 0 saturated carbocycles. The van der Waals surface area contributed by atoms with Gasteiger partial charge in [0.1, 0.15) is 17.1 Å². The van der Waals surface area contributed by atoms with E-state index in [9.17, 15) is 18.4 Å². The van der Waals surface area contributed by atoms with E-state index in [0.29, 0.717) is 44.1 Å². The first-order chi connectivity index (χ1) is 15.8. The summed E-state index contributed by atoms with van der Waals surface area (Å²) >= 11 is 0. The fourth-order valence-electron chi connectivity index (χ4n) is 4.14. The normalized spacial score (nSPS) is 14.8. The molecule has 33 heavy (non-hydrogen) atoms. The minimum absolute atomic E-state index is 0.0234. The standard InChI is InChI=1S/C23H26F2N6O2/c1-13-15(4-5-16-19(13)29-22(32)14(2)27-16)12-30-8-10-31(11-9-30)18-7-6-17(23(33)26-3)28-20(18)21(24)25/h4-7,21H,8-12H2,1-3H3,(H,26,33)(H,29,32). The monoisotopic (exact) mass is 456 g/mol. The number of benzene rings is 1. The molecule has 3 heterocycles. The van der Waals surface area contributed by atoms with Crippen LogP contribution in [0.2, 0.25) is 0 Å². The summed E-state index contributed by atoms with van der Waals surface area (Å²) in [4.78, 5) is 39.1. The van der Waals surface area contributed by atoms with Crippen LogP contribution in [0.4, 0.5) is 14.5 Å². The number of hydrogen-bond donors (Lipinski definition) is 2. The van der Waals surface area contributed by atoms with Crippen LogP contribution in [0.15, 0.2) is 29.1 Å². The average Bonchev–Trinajstić information content (AvgIpc) is 2.82. The quantitative estimate of drug-likeness (QED) is 0.613. The molecule has 2 aromatic heterocycles. The molecular weight excluding hydrogens is 430 g/mol. The van der Waals surface area contributed by atoms with Crippen molar-refractivity contribution in [2.45, 2.75) is 26.8 Å². The third-order valence-electron chi connectivity index (χ3n) is 6.09. The van der Waals surface area contributed by atoms with Crippen molar-refractivity contribution in [1.82, 2.24) is 25.2 Å². The Morgan fingerprint density at radius 2 is 1.85 bits per heavy atom. The van der Waals surface area contributed by atoms with Crippen LogP contribution < -0.4 is 15.8 Å². The molecule has 1 aliphatic heterocycles. The van der Waals surface area contributed by atoms with Crippen molar-refractivity contribution in [3.63, 3.8) is 0 Å². The summed E-state index contributed by atoms with van der Waals surface area (Å²) in [6.45, 7) is 6.81. The zero-order chi connectivity index (χ0) is 23.7. The van der Waals surface area contributed by atoms with Gasteiger partial charge in [-0.3, -0.25) is 14.5 Å². The average molecular weight is 456 g/mol. The molecule has 0 spiro atoms. The summed E-state index contributed by atoms with van der Waals surface area (Å²) in [5, 5.41) is 2.41. The minimum Gasteiger partial charge on any atom is -0.367 e. The Hall–Kier alpha value is -3.40. The molecule has 0 atom stereocenters. The number of carbonyl (C=O) groups excluding carboxylic acids is 1. The van der Waals surface area contributed by atoms with Crippen molar-refractivity contribution < 1.29 is 13.6 Å². The van der Waals surface area contributed by atoms with Crippen molar-refractivity contribution in [1.29, 1.82) is 0 Å². The van der Waals surface area contributed by atoms with E-state index < -0.39 is 12.3 Å². The number of alkyl halides is 2. The maximum absolute atomic E-state index is 13.7. The molecular formula is C23H26F2N6O2. The van der Waals surface area contributed by atoms with Gasteiger partial charge in [0.25, 0.3) is 17.9 Å². The Morgan fingerprint density at radius 1 is 1.12 bits per heavy atom. The lowest BCUT2D eigenvalue weighted by molar-refractivity contribution is 0.0956. The molecule has 1 amide bonds. The summed E-state index contributed by atoms with van der Waals surface area (Å²) < 4.78 is 27.3. The van der Waals surface area contributed by atoms with Crippen LogP contribution in [0.5, 0.6) is 0 Å². The molecule has 174 valence electrons. The molecule has 0 aliphatic carbocycles. The second-order valence-corrected chi connectivity index (χ2v) is 8.14. The second-order valence-electron chi connectivity index (χ2n) is 8.14. The number of carbonyl (C=O) groups is 1. The van der Waals surface area contributed by atoms with Gasteiger partial charge in [0.15, 0.2) is 0 Å². The van der Waals surface area contributed by atoms with Crippen LogP contribution >= 0.6 is 0 Å². The largest absolute Gasteiger partial charge is 0.367 e. The molecule has 3 aromatic rings. The van der Waals surface area contributed by atoms with Crippen molar-refractivity contribution in [3.8, 4) is 0 Å². The van der Waals surface area contributed by atoms with E-state index in [1.807, 2.05) is 24.0 Å². The SMILES string of the molecule is CNC(=O)c1ccc(N2CCN(Cc3ccc4nc(C)c(=O)[nH]c4c3C)CC2)c(C(F)F)n1. The highest BCUT2D eigenvalue weighted by atomic mass is 19.3. The Morgan fingerprint density at radius 3 is 2.52 bits per heavy atom. The fourth-order valence-corrected chi connectivity index (χ4v) is 4.14. The Balaban J connectivity index is 1.49. The van der Waals surface area contributed by atoms with E-state index in [0.717, 1.165) is 22.2 Å². The number of aryl methyl sites for hydroxylation is 2. The number of H-pyrrole nitrogens is 1. The molecule has 1 saturated heterocycles. The van der Waals surface area contributed by atoms with E-state index in [1.54, 1.807) is 13.0 Å². The lowest BCUT2D eigenvalue weighted by Gasteiger charge is -2.37. The Bertz CT molecular complexity index is 1250. The maximum atomic E-state index is 13.7. The van der Waals surface area contributed by atoms with Gasteiger partial charge in [-0.15, -0.1) is 0 Å². The highest BCUT2D eigenvalue weighted by molar-refractivity contribution is 5.92. The molecule has 1 fully saturated rings. The van der Waals surface area contributed by atoms with Gasteiger partial charge in [-0.05, 0) is 43.2 Å². The number of aromatic amines is 1. The van der Waals surface area contributed by atoms with E-state index in [4.69, 9.17) is 0 Å². The van der Waals surface area contributed by atoms with Crippen LogP contribution in [-0.2, 0) is 6.54 Å². The molecule has 0 radical (unpaired) electrons. The maximum Gasteiger partial charge on any atom is 0.282 e. The van der Waals surface area contributed by atoms with Gasteiger partial charge in [-0.1, -0.05) is 6.07 Å². The van der Waals surface area contributed by atoms with Crippen LogP contribution in [0, 0.1) is 13.8 Å². The first kappa shape index (κ1) is 22.8. The van der Waals surface area contributed by atoms with Crippen molar-refractivity contribution in [2.75, 3.05) is 38.1 Å². The van der Waals surface area contributed by atoms with Gasteiger partial charge in [-0.25, -0.2) is 18.7 Å². The van der Waals surface area contributed by atoms with Gasteiger partial charge in [0.05, 0.1) is 16.7 Å². The molecule has 2 N–H and O–H groups in total. The summed E-state index contributed by atoms with van der Waals surface area (Å²) in [5.74, 6) is -0.495. The molecule has 1 aromatic carbocycles. The first-order valence-corrected chi connectivity index (χ1v) is 10.8. The van der Waals surface area contributed by atoms with Crippen LogP contribution in [-0.4, -0.2) is 59.0 Å². The van der Waals surface area contributed by atoms with E-state index >= 15 is 0 Å². The van der Waals surface area contributed by atoms with Crippen molar-refractivity contribution >= 4 is 22.6 Å². The van der Waals surface area contributed by atoms with Crippen LogP contribution in [0.25, 0.3) is 11.0 Å². The van der Waals surface area contributed by atoms with Crippen LogP contribution in [0.1, 0.15) is 39.4 Å². The minimum atomic E-state index is -2.78. The molecule has 1 aliphatic rings. The van der Waals surface area contributed by atoms with Gasteiger partial charge in [-0.2, -0.15) is 0 Å². The van der Waals surface area contributed by atoms with Gasteiger partial charge in [0, 0.05) is 39.8 Å². The third-order valence-corrected chi connectivity index (χ3v) is 6.09. The predicted molar refractivity (Wildman–Crippen MR) is 122 cm³/mol. The Kier molecular flexibility index (Phi) is 6.37. The number of amides is 1. The van der Waals surface area contributed by atoms with E-state index in [-0.39, 0.29) is 16.9 Å². The van der Waals surface area contributed by atoms with Gasteiger partial charge >= 0.3 is 0 Å². The Labute approximate surface area is 189 Å². The molecule has 4 rings (SSSR count). The topological polar surface area (TPSA) is 94.2 Å². The second kappa shape index (κ2) is 9.22. The lowest BCUT2D eigenvalue weighted by Crippen LogP contribution is -2.46. The van der Waals surface area contributed by atoms with Gasteiger partial charge < -0.3 is 15.2 Å². The summed E-state index contributed by atoms with van der Waals surface area (Å²) in [6.07, 6.45) is -2.78. The number of halogens is 2. The highest BCUT2D eigenvalue weighted by Crippen LogP contribution is 2.30. The molecule has 10 heteroatoms. The number of piperazine rings is 1. The fraction of sp³-hybridized carbons (Fsp3) is 0.391. The number of pyridine rings is 1. The number of aromatic nitrogens is 3. The van der Waals surface area contributed by atoms with Crippen LogP contribution in [0.3, 0.4) is 0 Å². The third kappa shape index (κ3) is 4.56. The zero-order valence-corrected chi connectivity index (χ0v) is 18.8. The van der Waals surface area contributed by atoms with E-state index in [1.165, 1.54) is 13.1 Å². The van der Waals surface area contributed by atoms with Gasteiger partial charge in [0.2, 0.25) is 0 Å². The first-order valence-electron chi connectivity index (χ1n) is 10.8. The number of rotatable bonds is 5. The highest BCUT2D eigenvalue weighted by Gasteiger charge is 2.25. The number of anilines is 1. The van der Waals surface area contributed by atoms with Crippen molar-refractivity contribution in [3.05, 3.63) is 62.8 Å². The lowest BCUT2D eigenvalue weighted by atomic mass is 10.1. The predicted octanol–water partition coefficient (Wildman–Crippen LogP) is 2.55. The summed E-state index contributed by atoms with van der Waals surface area (Å²) in [5.41, 5.74) is 3.77. The molecule has 0 unspecified atom stereocenters.